The van der Waals surface area contributed by atoms with Crippen LogP contribution < -0.4 is 25.6 Å². The van der Waals surface area contributed by atoms with Crippen LogP contribution in [0.15, 0.2) is 48.9 Å². The van der Waals surface area contributed by atoms with E-state index in [1.807, 2.05) is 0 Å². The molecule has 5 aromatic rings. The number of benzene rings is 1. The zero-order chi connectivity index (χ0) is 43.1. The molecule has 0 bridgehead atoms. The summed E-state index contributed by atoms with van der Waals surface area (Å²) in [6.07, 6.45) is 7.11. The molecule has 4 amide bonds. The van der Waals surface area contributed by atoms with Crippen LogP contribution in [0.1, 0.15) is 81.6 Å². The monoisotopic (exact) mass is 828 g/mol. The second-order valence-corrected chi connectivity index (χ2v) is 15.5. The minimum atomic E-state index is -0.674. The number of nitrogens with one attached hydrogen (secondary N) is 4. The van der Waals surface area contributed by atoms with Crippen LogP contribution in [0.5, 0.6) is 5.75 Å². The van der Waals surface area contributed by atoms with Crippen molar-refractivity contribution in [1.29, 1.82) is 0 Å². The number of carbonyl (C=O) groups excluding carboxylic acids is 6. The van der Waals surface area contributed by atoms with Crippen LogP contribution >= 0.6 is 11.6 Å². The number of halogens is 1. The van der Waals surface area contributed by atoms with E-state index in [-0.39, 0.29) is 35.2 Å². The van der Waals surface area contributed by atoms with Gasteiger partial charge >= 0.3 is 18.0 Å². The number of anilines is 4. The lowest BCUT2D eigenvalue weighted by atomic mass is 9.95. The average molecular weight is 829 g/mol. The fourth-order valence-corrected chi connectivity index (χ4v) is 7.19. The summed E-state index contributed by atoms with van der Waals surface area (Å²) in [5.41, 5.74) is 3.12. The number of esters is 2. The second-order valence-electron chi connectivity index (χ2n) is 15.2. The van der Waals surface area contributed by atoms with Gasteiger partial charge in [0.25, 0.3) is 17.7 Å². The minimum Gasteiger partial charge on any atom is -0.465 e. The Morgan fingerprint density at radius 2 is 1.53 bits per heavy atom. The molecular formula is C41H45ClN8O9. The van der Waals surface area contributed by atoms with E-state index < -0.39 is 41.4 Å². The standard InChI is InChI=1S/C41H45ClN8O9/c1-21-33(39(55)57-9)35-34-25(16-42)19-50(28(34)15-29(36(35)43-21)58-22(2)51)32(52)11-10-27-12-23(17-47(27)6)37(53)45-30-13-24(18-48(30)7)38(54)46-31-14-26(20-49(31)8)44-40(56)59-41(3,4)5/h10-15,17-18,20,25,43H,16,19H2,1-9H3,(H,44,56)(H,45,53)(H,46,54)/b11-10+/t25-/m1/s1. The Labute approximate surface area is 344 Å². The normalized spacial score (nSPS) is 13.7. The molecule has 0 saturated carbocycles. The summed E-state index contributed by atoms with van der Waals surface area (Å²) in [6, 6.07) is 6.32. The molecule has 1 aliphatic rings. The third-order valence-electron chi connectivity index (χ3n) is 9.55. The molecule has 4 aromatic heterocycles. The molecule has 1 aromatic carbocycles. The van der Waals surface area contributed by atoms with Crippen molar-refractivity contribution < 1.29 is 43.0 Å². The van der Waals surface area contributed by atoms with Gasteiger partial charge in [-0.05, 0) is 51.5 Å². The molecule has 0 saturated heterocycles. The third-order valence-corrected chi connectivity index (χ3v) is 9.92. The molecule has 1 aliphatic heterocycles. The summed E-state index contributed by atoms with van der Waals surface area (Å²) < 4.78 is 20.8. The zero-order valence-electron chi connectivity index (χ0n) is 34.0. The van der Waals surface area contributed by atoms with Crippen LogP contribution in [-0.4, -0.2) is 79.6 Å². The van der Waals surface area contributed by atoms with E-state index in [0.29, 0.717) is 56.4 Å². The highest BCUT2D eigenvalue weighted by Gasteiger charge is 2.37. The fourth-order valence-electron chi connectivity index (χ4n) is 6.94. The Morgan fingerprint density at radius 3 is 2.15 bits per heavy atom. The number of carbonyl (C=O) groups is 6. The van der Waals surface area contributed by atoms with Crippen molar-refractivity contribution in [2.24, 2.45) is 21.1 Å². The van der Waals surface area contributed by atoms with E-state index >= 15 is 0 Å². The van der Waals surface area contributed by atoms with E-state index in [9.17, 15) is 28.8 Å². The van der Waals surface area contributed by atoms with Gasteiger partial charge < -0.3 is 48.4 Å². The number of fused-ring (bicyclic) bond motifs is 3. The molecule has 0 fully saturated rings. The lowest BCUT2D eigenvalue weighted by Gasteiger charge is -2.19. The lowest BCUT2D eigenvalue weighted by Crippen LogP contribution is -2.28. The van der Waals surface area contributed by atoms with Crippen molar-refractivity contribution in [3.63, 3.8) is 0 Å². The maximum atomic E-state index is 13.8. The Morgan fingerprint density at radius 1 is 0.898 bits per heavy atom. The lowest BCUT2D eigenvalue weighted by molar-refractivity contribution is -0.131. The van der Waals surface area contributed by atoms with E-state index in [2.05, 4.69) is 20.9 Å². The van der Waals surface area contributed by atoms with Crippen LogP contribution in [0.2, 0.25) is 0 Å². The molecule has 4 N–H and O–H groups in total. The number of amides is 4. The van der Waals surface area contributed by atoms with E-state index in [1.54, 1.807) is 105 Å². The van der Waals surface area contributed by atoms with Gasteiger partial charge in [-0.1, -0.05) is 0 Å². The number of rotatable bonds is 10. The van der Waals surface area contributed by atoms with Crippen molar-refractivity contribution >= 4 is 87.3 Å². The van der Waals surface area contributed by atoms with Gasteiger partial charge in [0, 0.05) is 100.0 Å². The molecule has 18 heteroatoms. The molecule has 0 radical (unpaired) electrons. The van der Waals surface area contributed by atoms with Gasteiger partial charge in [0.1, 0.15) is 17.2 Å². The first-order chi connectivity index (χ1) is 27.8. The van der Waals surface area contributed by atoms with Crippen molar-refractivity contribution in [3.05, 3.63) is 82.6 Å². The summed E-state index contributed by atoms with van der Waals surface area (Å²) in [5.74, 6) is -1.79. The van der Waals surface area contributed by atoms with Crippen LogP contribution in [0.4, 0.5) is 27.8 Å². The number of methoxy groups -OCH3 is 1. The Bertz CT molecular complexity index is 2570. The zero-order valence-corrected chi connectivity index (χ0v) is 34.8. The van der Waals surface area contributed by atoms with Gasteiger partial charge in [0.2, 0.25) is 0 Å². The largest absolute Gasteiger partial charge is 0.465 e. The number of alkyl halides is 1. The SMILES string of the molecule is COC(=O)c1c(C)[nH]c2c(OC(C)=O)cc3c(c12)[C@H](CCl)CN3C(=O)/C=C/c1cc(C(=O)Nc2cc(C(=O)Nc3cc(NC(=O)OC(C)(C)C)cn3C)cn2C)cn1C. The maximum absolute atomic E-state index is 13.8. The highest BCUT2D eigenvalue weighted by Crippen LogP contribution is 2.47. The molecule has 310 valence electrons. The number of aryl methyl sites for hydroxylation is 4. The second kappa shape index (κ2) is 16.2. The highest BCUT2D eigenvalue weighted by atomic mass is 35.5. The number of aromatic amines is 1. The van der Waals surface area contributed by atoms with Crippen molar-refractivity contribution in [1.82, 2.24) is 18.7 Å². The molecule has 0 unspecified atom stereocenters. The molecule has 0 aliphatic carbocycles. The van der Waals surface area contributed by atoms with Crippen molar-refractivity contribution in [3.8, 4) is 5.75 Å². The quantitative estimate of drug-likeness (QED) is 0.0530. The summed E-state index contributed by atoms with van der Waals surface area (Å²) in [7, 11) is 6.39. The molecule has 0 spiro atoms. The number of aromatic nitrogens is 4. The smallest absolute Gasteiger partial charge is 0.412 e. The topological polar surface area (TPSA) is 200 Å². The molecule has 5 heterocycles. The molecule has 17 nitrogen and oxygen atoms in total. The molecule has 1 atom stereocenters. The van der Waals surface area contributed by atoms with Gasteiger partial charge in [-0.3, -0.25) is 24.5 Å². The minimum absolute atomic E-state index is 0.139. The van der Waals surface area contributed by atoms with Crippen molar-refractivity contribution in [2.75, 3.05) is 40.4 Å². The predicted molar refractivity (Wildman–Crippen MR) is 223 cm³/mol. The van der Waals surface area contributed by atoms with Gasteiger partial charge in [0.15, 0.2) is 5.75 Å². The van der Waals surface area contributed by atoms with E-state index in [1.165, 1.54) is 31.1 Å². The van der Waals surface area contributed by atoms with E-state index in [0.717, 1.165) is 0 Å². The Hall–Kier alpha value is -6.75. The summed E-state index contributed by atoms with van der Waals surface area (Å²) in [6.45, 7) is 8.42. The number of H-pyrrole nitrogens is 1. The van der Waals surface area contributed by atoms with Gasteiger partial charge in [-0.25, -0.2) is 9.59 Å². The average Bonchev–Trinajstić information content (AvgIpc) is 3.96. The van der Waals surface area contributed by atoms with Gasteiger partial charge in [-0.15, -0.1) is 11.6 Å². The molecule has 59 heavy (non-hydrogen) atoms. The highest BCUT2D eigenvalue weighted by molar-refractivity contribution is 6.20. The van der Waals surface area contributed by atoms with Crippen LogP contribution in [0, 0.1) is 6.92 Å². The number of nitrogens with zero attached hydrogens (tertiary/aromatic N) is 4. The van der Waals surface area contributed by atoms with Crippen LogP contribution in [0.3, 0.4) is 0 Å². The Balaban J connectivity index is 1.17. The first-order valence-electron chi connectivity index (χ1n) is 18.4. The molecule has 6 rings (SSSR count). The number of hydrogen-bond acceptors (Lipinski definition) is 9. The van der Waals surface area contributed by atoms with E-state index in [4.69, 9.17) is 25.8 Å². The molecular weight excluding hydrogens is 784 g/mol. The summed E-state index contributed by atoms with van der Waals surface area (Å²) in [4.78, 5) is 82.3. The third kappa shape index (κ3) is 8.74. The van der Waals surface area contributed by atoms with Gasteiger partial charge in [0.05, 0.1) is 40.7 Å². The first kappa shape index (κ1) is 41.9. The number of hydrogen-bond donors (Lipinski definition) is 4. The Kier molecular flexibility index (Phi) is 11.5. The fraction of sp³-hybridized carbons (Fsp3) is 0.317. The number of ether oxygens (including phenoxy) is 3. The van der Waals surface area contributed by atoms with Crippen molar-refractivity contribution in [2.45, 2.75) is 46.1 Å². The van der Waals surface area contributed by atoms with Crippen LogP contribution in [0.25, 0.3) is 17.0 Å². The first-order valence-corrected chi connectivity index (χ1v) is 18.9. The van der Waals surface area contributed by atoms with Crippen LogP contribution in [-0.2, 0) is 40.2 Å². The summed E-state index contributed by atoms with van der Waals surface area (Å²) in [5, 5.41) is 8.74. The predicted octanol–water partition coefficient (Wildman–Crippen LogP) is 6.44. The van der Waals surface area contributed by atoms with Gasteiger partial charge in [-0.2, -0.15) is 0 Å². The summed E-state index contributed by atoms with van der Waals surface area (Å²) >= 11 is 6.44. The maximum Gasteiger partial charge on any atom is 0.412 e.